The van der Waals surface area contributed by atoms with Crippen LogP contribution in [0.3, 0.4) is 0 Å². The highest BCUT2D eigenvalue weighted by atomic mass is 32.1. The first-order valence-corrected chi connectivity index (χ1v) is 14.2. The zero-order valence-corrected chi connectivity index (χ0v) is 23.6. The molecule has 2 N–H and O–H groups in total. The maximum Gasteiger partial charge on any atom is 0.213 e. The zero-order chi connectivity index (χ0) is 28.7. The molecule has 4 aromatic heterocycles. The number of thiazole rings is 1. The lowest BCUT2D eigenvalue weighted by Gasteiger charge is -2.40. The first kappa shape index (κ1) is 27.1. The Balaban J connectivity index is 1.43. The quantitative estimate of drug-likeness (QED) is 0.287. The van der Waals surface area contributed by atoms with Crippen molar-refractivity contribution in [3.8, 4) is 5.88 Å². The van der Waals surface area contributed by atoms with Crippen molar-refractivity contribution in [3.63, 3.8) is 0 Å². The van der Waals surface area contributed by atoms with Gasteiger partial charge in [0.2, 0.25) is 5.88 Å². The number of benzene rings is 1. The number of fused-ring (bicyclic) bond motifs is 3. The van der Waals surface area contributed by atoms with E-state index < -0.39 is 11.6 Å². The molecule has 0 radical (unpaired) electrons. The maximum atomic E-state index is 14.3. The van der Waals surface area contributed by atoms with Crippen molar-refractivity contribution in [1.82, 2.24) is 19.3 Å². The van der Waals surface area contributed by atoms with E-state index in [4.69, 9.17) is 10.5 Å². The number of halogens is 2. The van der Waals surface area contributed by atoms with Crippen LogP contribution in [0.25, 0.3) is 15.7 Å². The zero-order valence-electron chi connectivity index (χ0n) is 22.8. The van der Waals surface area contributed by atoms with Crippen LogP contribution in [0, 0.1) is 18.6 Å². The highest BCUT2D eigenvalue weighted by Gasteiger charge is 2.28. The summed E-state index contributed by atoms with van der Waals surface area (Å²) in [5.74, 6) is -1.03. The molecule has 0 spiro atoms. The van der Waals surface area contributed by atoms with E-state index >= 15 is 0 Å². The summed E-state index contributed by atoms with van der Waals surface area (Å²) in [6, 6.07) is 9.84. The summed E-state index contributed by atoms with van der Waals surface area (Å²) in [4.78, 5) is 28.7. The van der Waals surface area contributed by atoms with Crippen LogP contribution >= 0.6 is 11.3 Å². The molecule has 1 atom stereocenters. The van der Waals surface area contributed by atoms with E-state index in [1.54, 1.807) is 25.6 Å². The number of anilines is 2. The number of pyridine rings is 3. The van der Waals surface area contributed by atoms with Gasteiger partial charge in [-0.2, -0.15) is 0 Å². The fourth-order valence-electron chi connectivity index (χ4n) is 5.65. The SMILES string of the molecule is COc1cc(CN(Cc2c(=O)c3cc(F)c(F)cc3n3cc(C)sc23)[C@H]2CCCN(c3ccc(N)nc3)C2)ccn1. The van der Waals surface area contributed by atoms with E-state index in [0.717, 1.165) is 59.0 Å². The molecule has 0 bridgehead atoms. The van der Waals surface area contributed by atoms with Crippen molar-refractivity contribution in [2.24, 2.45) is 0 Å². The van der Waals surface area contributed by atoms with Gasteiger partial charge in [-0.1, -0.05) is 0 Å². The summed E-state index contributed by atoms with van der Waals surface area (Å²) in [5.41, 5.74) is 8.45. The number of hydrogen-bond donors (Lipinski definition) is 1. The van der Waals surface area contributed by atoms with E-state index in [1.807, 2.05) is 35.7 Å². The average Bonchev–Trinajstić information content (AvgIpc) is 3.37. The van der Waals surface area contributed by atoms with Crippen LogP contribution in [0.1, 0.15) is 28.8 Å². The fourth-order valence-corrected chi connectivity index (χ4v) is 6.65. The smallest absolute Gasteiger partial charge is 0.213 e. The summed E-state index contributed by atoms with van der Waals surface area (Å²) >= 11 is 1.48. The standard InChI is InChI=1S/C30H30F2N6O2S/c1-18-14-38-26-12-25(32)24(31)11-22(26)29(39)23(30(38)41-18)17-37(15-19-7-8-34-28(10-19)40-2)21-4-3-9-36(16-21)20-5-6-27(33)35-13-20/h5-8,10-14,21H,3-4,9,15-17H2,1-2H3,(H2,33,35)/t21-/m0/s1. The Labute approximate surface area is 239 Å². The van der Waals surface area contributed by atoms with Gasteiger partial charge in [-0.15, -0.1) is 11.3 Å². The number of ether oxygens (including phenoxy) is 1. The van der Waals surface area contributed by atoms with Gasteiger partial charge >= 0.3 is 0 Å². The first-order chi connectivity index (χ1) is 19.8. The van der Waals surface area contributed by atoms with Crippen molar-refractivity contribution in [2.75, 3.05) is 30.8 Å². The van der Waals surface area contributed by atoms with E-state index in [-0.39, 0.29) is 16.9 Å². The number of hydrogen-bond acceptors (Lipinski definition) is 8. The number of aryl methyl sites for hydroxylation is 1. The molecule has 11 heteroatoms. The van der Waals surface area contributed by atoms with Crippen molar-refractivity contribution in [2.45, 2.75) is 38.9 Å². The molecule has 1 saturated heterocycles. The van der Waals surface area contributed by atoms with Crippen LogP contribution in [0.15, 0.2) is 59.8 Å². The normalized spacial score (nSPS) is 15.7. The van der Waals surface area contributed by atoms with Gasteiger partial charge in [0, 0.05) is 72.6 Å². The number of nitrogen functional groups attached to an aromatic ring is 1. The van der Waals surface area contributed by atoms with E-state index in [9.17, 15) is 13.6 Å². The van der Waals surface area contributed by atoms with Crippen LogP contribution in [-0.4, -0.2) is 45.5 Å². The highest BCUT2D eigenvalue weighted by Crippen LogP contribution is 2.30. The number of aromatic nitrogens is 3. The molecule has 5 aromatic rings. The second-order valence-electron chi connectivity index (χ2n) is 10.4. The van der Waals surface area contributed by atoms with Crippen LogP contribution in [-0.2, 0) is 13.1 Å². The molecule has 0 amide bonds. The van der Waals surface area contributed by atoms with Crippen LogP contribution < -0.4 is 20.8 Å². The summed E-state index contributed by atoms with van der Waals surface area (Å²) in [7, 11) is 1.58. The molecule has 1 aromatic carbocycles. The second kappa shape index (κ2) is 11.1. The maximum absolute atomic E-state index is 14.3. The molecule has 0 saturated carbocycles. The first-order valence-electron chi connectivity index (χ1n) is 13.4. The van der Waals surface area contributed by atoms with Crippen LogP contribution in [0.2, 0.25) is 0 Å². The molecule has 8 nitrogen and oxygen atoms in total. The van der Waals surface area contributed by atoms with Crippen molar-refractivity contribution in [3.05, 3.63) is 92.9 Å². The minimum Gasteiger partial charge on any atom is -0.481 e. The topological polar surface area (TPSA) is 89.0 Å². The van der Waals surface area contributed by atoms with Gasteiger partial charge in [0.15, 0.2) is 17.1 Å². The summed E-state index contributed by atoms with van der Waals surface area (Å²) in [6.45, 7) is 4.44. The molecule has 0 aliphatic carbocycles. The third-order valence-electron chi connectivity index (χ3n) is 7.67. The van der Waals surface area contributed by atoms with E-state index in [2.05, 4.69) is 19.8 Å². The molecule has 1 aliphatic rings. The third kappa shape index (κ3) is 5.34. The lowest BCUT2D eigenvalue weighted by Crippen LogP contribution is -2.48. The Bertz CT molecular complexity index is 1790. The van der Waals surface area contributed by atoms with E-state index in [1.165, 1.54) is 11.3 Å². The molecule has 5 heterocycles. The summed E-state index contributed by atoms with van der Waals surface area (Å²) < 4.78 is 35.8. The Morgan fingerprint density at radius 1 is 1.15 bits per heavy atom. The van der Waals surface area contributed by atoms with Gasteiger partial charge in [0.25, 0.3) is 0 Å². The lowest BCUT2D eigenvalue weighted by atomic mass is 10.0. The highest BCUT2D eigenvalue weighted by molar-refractivity contribution is 7.17. The Hall–Kier alpha value is -4.09. The molecule has 6 rings (SSSR count). The monoisotopic (exact) mass is 576 g/mol. The Morgan fingerprint density at radius 3 is 2.76 bits per heavy atom. The van der Waals surface area contributed by atoms with Gasteiger partial charge in [-0.25, -0.2) is 18.7 Å². The van der Waals surface area contributed by atoms with Gasteiger partial charge in [-0.3, -0.25) is 9.69 Å². The number of nitrogens with zero attached hydrogens (tertiary/aromatic N) is 5. The summed E-state index contributed by atoms with van der Waals surface area (Å²) in [6.07, 6.45) is 7.26. The average molecular weight is 577 g/mol. The van der Waals surface area contributed by atoms with E-state index in [0.29, 0.717) is 35.9 Å². The number of methoxy groups -OCH3 is 1. The minimum atomic E-state index is -1.03. The molecule has 1 aliphatic heterocycles. The van der Waals surface area contributed by atoms with Crippen molar-refractivity contribution < 1.29 is 13.5 Å². The molecule has 0 unspecified atom stereocenters. The number of piperidine rings is 1. The number of rotatable bonds is 7. The second-order valence-corrected chi connectivity index (χ2v) is 11.6. The lowest BCUT2D eigenvalue weighted by molar-refractivity contribution is 0.158. The number of nitrogens with two attached hydrogens (primary N) is 1. The summed E-state index contributed by atoms with van der Waals surface area (Å²) in [5, 5.41) is 0.165. The van der Waals surface area contributed by atoms with Gasteiger partial charge in [0.05, 0.1) is 24.5 Å². The fraction of sp³-hybridized carbons (Fsp3) is 0.300. The Kier molecular flexibility index (Phi) is 7.31. The third-order valence-corrected chi connectivity index (χ3v) is 8.73. The van der Waals surface area contributed by atoms with Crippen LogP contribution in [0.4, 0.5) is 20.3 Å². The van der Waals surface area contributed by atoms with Gasteiger partial charge in [0.1, 0.15) is 10.6 Å². The minimum absolute atomic E-state index is 0.0987. The van der Waals surface area contributed by atoms with Crippen LogP contribution in [0.5, 0.6) is 5.88 Å². The van der Waals surface area contributed by atoms with Gasteiger partial charge < -0.3 is 19.8 Å². The molecular formula is C30H30F2N6O2S. The predicted molar refractivity (Wildman–Crippen MR) is 158 cm³/mol. The predicted octanol–water partition coefficient (Wildman–Crippen LogP) is 5.15. The molecule has 212 valence electrons. The van der Waals surface area contributed by atoms with Gasteiger partial charge in [-0.05, 0) is 49.6 Å². The molecule has 41 heavy (non-hydrogen) atoms. The largest absolute Gasteiger partial charge is 0.481 e. The Morgan fingerprint density at radius 2 is 1.98 bits per heavy atom. The molecular weight excluding hydrogens is 546 g/mol. The van der Waals surface area contributed by atoms with Crippen molar-refractivity contribution in [1.29, 1.82) is 0 Å². The van der Waals surface area contributed by atoms with Crippen molar-refractivity contribution >= 4 is 38.6 Å². The molecule has 1 fully saturated rings.